The maximum absolute atomic E-state index is 13.2. The molecule has 4 N–H and O–H groups in total. The Kier molecular flexibility index (Phi) is 8.36. The second-order valence-corrected chi connectivity index (χ2v) is 12.2. The predicted octanol–water partition coefficient (Wildman–Crippen LogP) is -2.15. The average Bonchev–Trinajstić information content (AvgIpc) is 3.46. The lowest BCUT2D eigenvalue weighted by molar-refractivity contribution is -0.905. The number of carbonyl (C=O) groups excluding carboxylic acids is 4. The standard InChI is InChI=1S/C23H35N5O6S.ClH/c1-11-18-17(12(2)29)22(32)27(18)19(23(33)34)20(11)35-14-7-15(25-8-14)21(31)26-6-5-13(9-26)28(3,4)10-16(24)30;/h11-15,17-18,25,29H,5-10H2,1-4H3,(H2-,24,30,33,34);1H/t11-,12-,13+,14+,15+,17-,18-;/m1./s1. The van der Waals surface area contributed by atoms with Crippen LogP contribution < -0.4 is 16.2 Å². The lowest BCUT2D eigenvalue weighted by Gasteiger charge is -2.47. The minimum absolute atomic E-state index is 0. The maximum Gasteiger partial charge on any atom is 0.272 e. The fourth-order valence-electron chi connectivity index (χ4n) is 6.09. The van der Waals surface area contributed by atoms with Gasteiger partial charge in [-0.1, -0.05) is 6.92 Å². The van der Waals surface area contributed by atoms with Crippen molar-refractivity contribution in [3.63, 3.8) is 0 Å². The molecule has 4 heterocycles. The quantitative estimate of drug-likeness (QED) is 0.230. The van der Waals surface area contributed by atoms with Crippen LogP contribution in [0.4, 0.5) is 0 Å². The van der Waals surface area contributed by atoms with Crippen molar-refractivity contribution in [2.75, 3.05) is 40.3 Å². The number of rotatable bonds is 8. The molecule has 13 heteroatoms. The second-order valence-electron chi connectivity index (χ2n) is 10.8. The van der Waals surface area contributed by atoms with E-state index in [0.29, 0.717) is 35.4 Å². The van der Waals surface area contributed by atoms with Crippen LogP contribution >= 0.6 is 24.2 Å². The van der Waals surface area contributed by atoms with E-state index < -0.39 is 18.0 Å². The van der Waals surface area contributed by atoms with Gasteiger partial charge in [0, 0.05) is 35.6 Å². The highest BCUT2D eigenvalue weighted by Gasteiger charge is 2.59. The Labute approximate surface area is 221 Å². The molecule has 4 aliphatic heterocycles. The molecule has 0 bridgehead atoms. The zero-order valence-electron chi connectivity index (χ0n) is 21.0. The summed E-state index contributed by atoms with van der Waals surface area (Å²) < 4.78 is 0.442. The Hall–Kier alpha value is -1.86. The summed E-state index contributed by atoms with van der Waals surface area (Å²) in [6, 6.07) is -0.615. The van der Waals surface area contributed by atoms with E-state index in [4.69, 9.17) is 5.73 Å². The van der Waals surface area contributed by atoms with Crippen LogP contribution in [0.25, 0.3) is 0 Å². The summed E-state index contributed by atoms with van der Waals surface area (Å²) >= 11 is 1.39. The highest BCUT2D eigenvalue weighted by atomic mass is 35.5. The number of likely N-dealkylation sites (tertiary alicyclic amines) is 1. The van der Waals surface area contributed by atoms with Crippen LogP contribution in [0.3, 0.4) is 0 Å². The zero-order valence-corrected chi connectivity index (χ0v) is 22.6. The number of carboxylic acid groups (broad SMARTS) is 1. The number of aliphatic hydroxyl groups excluding tert-OH is 1. The number of aliphatic carboxylic acids is 1. The second kappa shape index (κ2) is 10.5. The summed E-state index contributed by atoms with van der Waals surface area (Å²) in [4.78, 5) is 52.7. The molecule has 0 aromatic rings. The topological polar surface area (TPSA) is 156 Å². The van der Waals surface area contributed by atoms with Gasteiger partial charge in [0.15, 0.2) is 6.54 Å². The van der Waals surface area contributed by atoms with Crippen LogP contribution in [0.5, 0.6) is 0 Å². The smallest absolute Gasteiger partial charge is 0.272 e. The van der Waals surface area contributed by atoms with Crippen LogP contribution in [0, 0.1) is 11.8 Å². The van der Waals surface area contributed by atoms with Crippen molar-refractivity contribution in [3.05, 3.63) is 10.6 Å². The van der Waals surface area contributed by atoms with Crippen LogP contribution in [0.2, 0.25) is 0 Å². The number of primary amides is 1. The van der Waals surface area contributed by atoms with Gasteiger partial charge in [-0.25, -0.2) is 0 Å². The van der Waals surface area contributed by atoms with Crippen LogP contribution in [-0.2, 0) is 19.2 Å². The molecule has 3 fully saturated rings. The van der Waals surface area contributed by atoms with Crippen molar-refractivity contribution < 1.29 is 33.9 Å². The molecule has 202 valence electrons. The van der Waals surface area contributed by atoms with Gasteiger partial charge in [0.1, 0.15) is 6.04 Å². The van der Waals surface area contributed by atoms with Gasteiger partial charge in [-0.3, -0.25) is 14.4 Å². The minimum Gasteiger partial charge on any atom is -0.543 e. The van der Waals surface area contributed by atoms with E-state index in [1.807, 2.05) is 25.9 Å². The summed E-state index contributed by atoms with van der Waals surface area (Å²) in [6.07, 6.45) is 0.482. The molecule has 0 aliphatic carbocycles. The number of hydrogen-bond acceptors (Lipinski definition) is 8. The van der Waals surface area contributed by atoms with Crippen molar-refractivity contribution in [2.45, 2.75) is 56.2 Å². The summed E-state index contributed by atoms with van der Waals surface area (Å²) in [6.45, 7) is 5.36. The molecule has 0 aromatic carbocycles. The Morgan fingerprint density at radius 2 is 2.00 bits per heavy atom. The lowest BCUT2D eigenvalue weighted by atomic mass is 9.79. The van der Waals surface area contributed by atoms with Gasteiger partial charge >= 0.3 is 0 Å². The number of β-lactam (4-membered cyclic amide) rings is 1. The van der Waals surface area contributed by atoms with Crippen LogP contribution in [-0.4, -0.2) is 113 Å². The van der Waals surface area contributed by atoms with Gasteiger partial charge in [-0.05, 0) is 13.3 Å². The Balaban J connectivity index is 0.00000361. The number of amides is 3. The third-order valence-electron chi connectivity index (χ3n) is 8.01. The van der Waals surface area contributed by atoms with Gasteiger partial charge in [-0.2, -0.15) is 0 Å². The van der Waals surface area contributed by atoms with Crippen LogP contribution in [0.15, 0.2) is 10.6 Å². The molecule has 11 nitrogen and oxygen atoms in total. The number of carboxylic acids is 1. The van der Waals surface area contributed by atoms with E-state index in [-0.39, 0.29) is 71.7 Å². The molecule has 0 spiro atoms. The number of thioether (sulfide) groups is 1. The summed E-state index contributed by atoms with van der Waals surface area (Å²) in [7, 11) is 3.90. The molecular weight excluding hydrogens is 510 g/mol. The number of nitrogens with one attached hydrogen (secondary N) is 1. The zero-order chi connectivity index (χ0) is 25.8. The predicted molar refractivity (Wildman–Crippen MR) is 133 cm³/mol. The number of nitrogens with two attached hydrogens (primary N) is 1. The van der Waals surface area contributed by atoms with Gasteiger partial charge in [0.25, 0.3) is 5.91 Å². The van der Waals surface area contributed by atoms with E-state index in [9.17, 15) is 29.4 Å². The number of fused-ring (bicyclic) bond motifs is 1. The number of halogens is 1. The molecule has 0 unspecified atom stereocenters. The van der Waals surface area contributed by atoms with Crippen LogP contribution in [0.1, 0.15) is 26.7 Å². The molecule has 4 aliphatic rings. The van der Waals surface area contributed by atoms with E-state index in [1.54, 1.807) is 6.92 Å². The SMILES string of the molecule is C[C@@H](O)[C@H]1C(=O)N2C(C(=O)[O-])=C(S[C@@H]3CN[C@H](C(=O)N4CC[C@H]([N+](C)(C)CC(N)=O)C4)C3)[C@H](C)[C@H]12.Cl. The van der Waals surface area contributed by atoms with Crippen molar-refractivity contribution in [1.29, 1.82) is 0 Å². The molecule has 0 radical (unpaired) electrons. The molecule has 7 atom stereocenters. The third kappa shape index (κ3) is 4.98. The van der Waals surface area contributed by atoms with Gasteiger partial charge in [0.2, 0.25) is 11.8 Å². The molecule has 3 amide bonds. The van der Waals surface area contributed by atoms with Crippen molar-refractivity contribution in [1.82, 2.24) is 15.1 Å². The summed E-state index contributed by atoms with van der Waals surface area (Å²) in [5, 5.41) is 25.2. The number of quaternary nitrogens is 1. The van der Waals surface area contributed by atoms with Crippen molar-refractivity contribution in [3.8, 4) is 0 Å². The highest BCUT2D eigenvalue weighted by Crippen LogP contribution is 2.51. The van der Waals surface area contributed by atoms with Gasteiger partial charge < -0.3 is 40.3 Å². The Morgan fingerprint density at radius 3 is 2.58 bits per heavy atom. The fourth-order valence-corrected chi connectivity index (χ4v) is 7.57. The summed E-state index contributed by atoms with van der Waals surface area (Å²) in [5.41, 5.74) is 5.29. The molecule has 36 heavy (non-hydrogen) atoms. The van der Waals surface area contributed by atoms with E-state index in [1.165, 1.54) is 16.7 Å². The highest BCUT2D eigenvalue weighted by molar-refractivity contribution is 8.03. The fraction of sp³-hybridized carbons (Fsp3) is 0.739. The molecule has 4 rings (SSSR count). The van der Waals surface area contributed by atoms with Gasteiger partial charge in [0.05, 0.1) is 56.4 Å². The number of aliphatic hydroxyl groups is 1. The van der Waals surface area contributed by atoms with Crippen molar-refractivity contribution in [2.24, 2.45) is 17.6 Å². The number of carbonyl (C=O) groups is 4. The Bertz CT molecular complexity index is 975. The van der Waals surface area contributed by atoms with E-state index in [0.717, 1.165) is 6.42 Å². The monoisotopic (exact) mass is 545 g/mol. The number of likely N-dealkylation sites (N-methyl/N-ethyl adjacent to an activating group) is 1. The van der Waals surface area contributed by atoms with E-state index in [2.05, 4.69) is 5.32 Å². The first-order valence-electron chi connectivity index (χ1n) is 12.1. The Morgan fingerprint density at radius 1 is 1.33 bits per heavy atom. The molecular formula is C23H36ClN5O6S. The number of nitrogens with zero attached hydrogens (tertiary/aromatic N) is 3. The number of hydrogen-bond donors (Lipinski definition) is 3. The molecule has 0 saturated carbocycles. The molecule has 3 saturated heterocycles. The summed E-state index contributed by atoms with van der Waals surface area (Å²) in [5.74, 6) is -2.98. The first kappa shape index (κ1) is 28.7. The maximum atomic E-state index is 13.2. The average molecular weight is 546 g/mol. The first-order chi connectivity index (χ1) is 16.3. The normalized spacial score (nSPS) is 32.8. The largest absolute Gasteiger partial charge is 0.543 e. The molecule has 0 aromatic heterocycles. The van der Waals surface area contributed by atoms with Gasteiger partial charge in [-0.15, -0.1) is 24.2 Å². The van der Waals surface area contributed by atoms with Crippen molar-refractivity contribution >= 4 is 47.9 Å². The minimum atomic E-state index is -1.39. The third-order valence-corrected chi connectivity index (χ3v) is 9.52. The lowest BCUT2D eigenvalue weighted by Crippen LogP contribution is -2.64. The van der Waals surface area contributed by atoms with E-state index >= 15 is 0 Å². The first-order valence-corrected chi connectivity index (χ1v) is 13.0.